The van der Waals surface area contributed by atoms with E-state index in [1.165, 1.54) is 36.9 Å². The molecule has 1 heterocycles. The van der Waals surface area contributed by atoms with Crippen molar-refractivity contribution in [2.75, 3.05) is 12.3 Å². The van der Waals surface area contributed by atoms with Crippen LogP contribution in [0, 0.1) is 5.92 Å². The molecule has 2 heteroatoms. The molecule has 1 aliphatic heterocycles. The third-order valence-corrected chi connectivity index (χ3v) is 4.45. The van der Waals surface area contributed by atoms with Gasteiger partial charge in [-0.2, -0.15) is 0 Å². The Morgan fingerprint density at radius 3 is 2.82 bits per heavy atom. The minimum absolute atomic E-state index is 0.644. The molecule has 92 valence electrons. The highest BCUT2D eigenvalue weighted by atomic mass is 15.2. The Balaban J connectivity index is 1.88. The van der Waals surface area contributed by atoms with Crippen LogP contribution < -0.4 is 5.73 Å². The van der Waals surface area contributed by atoms with E-state index < -0.39 is 0 Å². The number of likely N-dealkylation sites (tertiary alicyclic amines) is 1. The van der Waals surface area contributed by atoms with Crippen molar-refractivity contribution in [2.45, 2.75) is 45.2 Å². The number of rotatable bonds is 1. The number of nitrogens with two attached hydrogens (primary N) is 1. The van der Waals surface area contributed by atoms with Gasteiger partial charge in [0.1, 0.15) is 0 Å². The van der Waals surface area contributed by atoms with Gasteiger partial charge in [0.2, 0.25) is 0 Å². The lowest BCUT2D eigenvalue weighted by Gasteiger charge is -2.29. The van der Waals surface area contributed by atoms with E-state index in [4.69, 9.17) is 5.73 Å². The lowest BCUT2D eigenvalue weighted by atomic mass is 10.1. The lowest BCUT2D eigenvalue weighted by molar-refractivity contribution is 0.187. The fourth-order valence-corrected chi connectivity index (χ4v) is 3.73. The van der Waals surface area contributed by atoms with Crippen molar-refractivity contribution in [3.63, 3.8) is 0 Å². The maximum absolute atomic E-state index is 5.87. The average molecular weight is 230 g/mol. The normalized spacial score (nSPS) is 32.9. The highest BCUT2D eigenvalue weighted by Gasteiger charge is 2.35. The monoisotopic (exact) mass is 230 g/mol. The smallest absolute Gasteiger partial charge is 0.0356 e. The van der Waals surface area contributed by atoms with E-state index in [1.807, 2.05) is 0 Å². The van der Waals surface area contributed by atoms with Gasteiger partial charge >= 0.3 is 0 Å². The Bertz CT molecular complexity index is 427. The van der Waals surface area contributed by atoms with Gasteiger partial charge < -0.3 is 5.73 Å². The van der Waals surface area contributed by atoms with Crippen molar-refractivity contribution in [1.29, 1.82) is 0 Å². The van der Waals surface area contributed by atoms with E-state index in [-0.39, 0.29) is 0 Å². The van der Waals surface area contributed by atoms with Crippen LogP contribution in [0.1, 0.15) is 43.9 Å². The van der Waals surface area contributed by atoms with Crippen LogP contribution in [0.4, 0.5) is 5.69 Å². The van der Waals surface area contributed by atoms with E-state index in [9.17, 15) is 0 Å². The van der Waals surface area contributed by atoms with Crippen LogP contribution >= 0.6 is 0 Å². The molecule has 1 aromatic rings. The summed E-state index contributed by atoms with van der Waals surface area (Å²) in [5, 5.41) is 0. The average Bonchev–Trinajstić information content (AvgIpc) is 2.81. The van der Waals surface area contributed by atoms with Crippen LogP contribution in [0.25, 0.3) is 0 Å². The number of fused-ring (bicyclic) bond motifs is 1. The second-order valence-electron chi connectivity index (χ2n) is 5.90. The summed E-state index contributed by atoms with van der Waals surface area (Å²) in [5.74, 6) is 0.850. The molecule has 0 spiro atoms. The third kappa shape index (κ3) is 1.85. The maximum atomic E-state index is 5.87. The van der Waals surface area contributed by atoms with Crippen molar-refractivity contribution in [2.24, 2.45) is 5.92 Å². The number of hydrogen-bond acceptors (Lipinski definition) is 2. The molecule has 0 radical (unpaired) electrons. The molecule has 3 rings (SSSR count). The molecule has 0 amide bonds. The number of nitrogen functional groups attached to an aromatic ring is 1. The number of benzene rings is 1. The van der Waals surface area contributed by atoms with Gasteiger partial charge in [0.05, 0.1) is 0 Å². The van der Waals surface area contributed by atoms with Gasteiger partial charge in [0.15, 0.2) is 0 Å². The fraction of sp³-hybridized carbons (Fsp3) is 0.600. The molecule has 0 bridgehead atoms. The molecule has 1 fully saturated rings. The lowest BCUT2D eigenvalue weighted by Crippen LogP contribution is -2.30. The van der Waals surface area contributed by atoms with Crippen LogP contribution in [0.2, 0.25) is 0 Å². The quantitative estimate of drug-likeness (QED) is 0.751. The molecule has 2 aliphatic rings. The number of nitrogens with zero attached hydrogens (tertiary/aromatic N) is 1. The van der Waals surface area contributed by atoms with Crippen LogP contribution in [0.3, 0.4) is 0 Å². The molecule has 1 aliphatic carbocycles. The largest absolute Gasteiger partial charge is 0.399 e. The Morgan fingerprint density at radius 1 is 1.29 bits per heavy atom. The second kappa shape index (κ2) is 4.02. The highest BCUT2D eigenvalue weighted by Crippen LogP contribution is 2.41. The molecule has 3 unspecified atom stereocenters. The number of anilines is 1. The van der Waals surface area contributed by atoms with E-state index >= 15 is 0 Å². The fourth-order valence-electron chi connectivity index (χ4n) is 3.73. The number of hydrogen-bond donors (Lipinski definition) is 1. The first-order chi connectivity index (χ1) is 8.15. The first-order valence-electron chi connectivity index (χ1n) is 6.79. The predicted molar refractivity (Wildman–Crippen MR) is 71.9 cm³/mol. The SMILES string of the molecule is CC1CC(C)N(C2CCc3cc(N)ccc32)C1. The summed E-state index contributed by atoms with van der Waals surface area (Å²) in [5.41, 5.74) is 9.78. The molecule has 1 saturated heterocycles. The van der Waals surface area contributed by atoms with Gasteiger partial charge in [-0.1, -0.05) is 13.0 Å². The highest BCUT2D eigenvalue weighted by molar-refractivity contribution is 5.47. The Kier molecular flexibility index (Phi) is 2.62. The van der Waals surface area contributed by atoms with Crippen LogP contribution in [0.5, 0.6) is 0 Å². The van der Waals surface area contributed by atoms with E-state index in [2.05, 4.69) is 36.9 Å². The summed E-state index contributed by atoms with van der Waals surface area (Å²) in [6, 6.07) is 7.85. The molecule has 17 heavy (non-hydrogen) atoms. The van der Waals surface area contributed by atoms with Crippen molar-refractivity contribution in [3.8, 4) is 0 Å². The molecular weight excluding hydrogens is 208 g/mol. The van der Waals surface area contributed by atoms with E-state index in [1.54, 1.807) is 0 Å². The minimum atomic E-state index is 0.644. The molecular formula is C15H22N2. The van der Waals surface area contributed by atoms with E-state index in [0.29, 0.717) is 6.04 Å². The Labute approximate surface area is 104 Å². The zero-order valence-electron chi connectivity index (χ0n) is 10.8. The van der Waals surface area contributed by atoms with Gasteiger partial charge in [-0.25, -0.2) is 0 Å². The zero-order valence-corrected chi connectivity index (χ0v) is 10.8. The minimum Gasteiger partial charge on any atom is -0.399 e. The Hall–Kier alpha value is -1.02. The van der Waals surface area contributed by atoms with Crippen molar-refractivity contribution in [3.05, 3.63) is 29.3 Å². The van der Waals surface area contributed by atoms with Gasteiger partial charge in [0, 0.05) is 24.3 Å². The molecule has 2 nitrogen and oxygen atoms in total. The molecule has 2 N–H and O–H groups in total. The summed E-state index contributed by atoms with van der Waals surface area (Å²) in [7, 11) is 0. The second-order valence-corrected chi connectivity index (χ2v) is 5.90. The molecule has 0 saturated carbocycles. The van der Waals surface area contributed by atoms with Gasteiger partial charge in [-0.15, -0.1) is 0 Å². The summed E-state index contributed by atoms with van der Waals surface area (Å²) < 4.78 is 0. The first-order valence-corrected chi connectivity index (χ1v) is 6.79. The van der Waals surface area contributed by atoms with Crippen LogP contribution in [0.15, 0.2) is 18.2 Å². The van der Waals surface area contributed by atoms with Gasteiger partial charge in [0.25, 0.3) is 0 Å². The zero-order chi connectivity index (χ0) is 12.0. The van der Waals surface area contributed by atoms with Crippen molar-refractivity contribution in [1.82, 2.24) is 4.90 Å². The van der Waals surface area contributed by atoms with Crippen LogP contribution in [-0.4, -0.2) is 17.5 Å². The topological polar surface area (TPSA) is 29.3 Å². The molecule has 1 aromatic carbocycles. The molecule has 3 atom stereocenters. The number of aryl methyl sites for hydroxylation is 1. The summed E-state index contributed by atoms with van der Waals surface area (Å²) >= 11 is 0. The first kappa shape index (κ1) is 11.1. The van der Waals surface area contributed by atoms with E-state index in [0.717, 1.165) is 17.6 Å². The van der Waals surface area contributed by atoms with Crippen molar-refractivity contribution >= 4 is 5.69 Å². The van der Waals surface area contributed by atoms with Gasteiger partial charge in [-0.3, -0.25) is 4.90 Å². The van der Waals surface area contributed by atoms with Crippen molar-refractivity contribution < 1.29 is 0 Å². The summed E-state index contributed by atoms with van der Waals surface area (Å²) in [4.78, 5) is 2.70. The summed E-state index contributed by atoms with van der Waals surface area (Å²) in [6.45, 7) is 6.00. The Morgan fingerprint density at radius 2 is 2.12 bits per heavy atom. The standard InChI is InChI=1S/C15H22N2/c1-10-7-11(2)17(9-10)15-6-3-12-8-13(16)4-5-14(12)15/h4-5,8,10-11,15H,3,6-7,9,16H2,1-2H3. The third-order valence-electron chi connectivity index (χ3n) is 4.45. The summed E-state index contributed by atoms with van der Waals surface area (Å²) in [6.07, 6.45) is 3.82. The van der Waals surface area contributed by atoms with Crippen LogP contribution in [-0.2, 0) is 6.42 Å². The van der Waals surface area contributed by atoms with Gasteiger partial charge in [-0.05, 0) is 55.4 Å². The maximum Gasteiger partial charge on any atom is 0.0356 e. The predicted octanol–water partition coefficient (Wildman–Crippen LogP) is 2.99. The molecule has 0 aromatic heterocycles.